The second kappa shape index (κ2) is 39.0. The summed E-state index contributed by atoms with van der Waals surface area (Å²) in [6.07, 6.45) is 18.7. The van der Waals surface area contributed by atoms with E-state index in [4.69, 9.17) is 25.7 Å². The Morgan fingerprint density at radius 2 is 1.11 bits per heavy atom. The van der Waals surface area contributed by atoms with Crippen molar-refractivity contribution in [2.24, 2.45) is 16.9 Å². The van der Waals surface area contributed by atoms with Gasteiger partial charge >= 0.3 is 18.3 Å². The minimum absolute atomic E-state index is 0.0318. The molecule has 6 heterocycles. The van der Waals surface area contributed by atoms with Gasteiger partial charge in [0.05, 0.1) is 17.6 Å². The van der Waals surface area contributed by atoms with Crippen molar-refractivity contribution in [3.63, 3.8) is 0 Å². The topological polar surface area (TPSA) is 303 Å². The fourth-order valence-corrected chi connectivity index (χ4v) is 12.9. The molecular weight excluding hydrogens is 1230 g/mol. The minimum atomic E-state index is -1.32. The van der Waals surface area contributed by atoms with Crippen LogP contribution in [0.4, 0.5) is 14.4 Å². The molecule has 6 aliphatic rings. The van der Waals surface area contributed by atoms with Gasteiger partial charge in [-0.25, -0.2) is 14.4 Å². The lowest BCUT2D eigenvalue weighted by molar-refractivity contribution is -0.140. The Morgan fingerprint density at radius 3 is 1.56 bits per heavy atom. The quantitative estimate of drug-likeness (QED) is 0.0471. The number of nitrogens with two attached hydrogens (primary N) is 2. The summed E-state index contributed by atoms with van der Waals surface area (Å²) in [6, 6.07) is 10.2. The van der Waals surface area contributed by atoms with E-state index in [2.05, 4.69) is 97.3 Å². The SMILES string of the molecule is C=C1C[C@]2(CCC)C(=O)CCCN12.C=CC[C@@](CC)(Cc1ccccc1)C(C)=O.C=CC[C@@]1(CN)C(=O)NCCN1C(=O)OC(C)(C)C.C=CC[C@@]1(CNC(=O)OC(C)(C)C)C(=O)NCCN1C(=O)OC(C)(C)C.C=CC[C@]1(CN)NCCCC1=O.CCC[C@]1(C)NCCCC1=O. The number of benzene rings is 1. The summed E-state index contributed by atoms with van der Waals surface area (Å²) in [5.41, 5.74) is 8.25. The monoisotopic (exact) mass is 1360 g/mol. The number of Topliss-reactive ketones (excluding diaryl/α,β-unsaturated/α-hetero) is 4. The highest BCUT2D eigenvalue weighted by Gasteiger charge is 2.54. The Bertz CT molecular complexity index is 2840. The van der Waals surface area contributed by atoms with Crippen LogP contribution in [0.3, 0.4) is 0 Å². The van der Waals surface area contributed by atoms with Crippen molar-refractivity contribution >= 4 is 53.2 Å². The highest BCUT2D eigenvalue weighted by Crippen LogP contribution is 2.46. The Labute approximate surface area is 581 Å². The average molecular weight is 1360 g/mol. The lowest BCUT2D eigenvalue weighted by Gasteiger charge is -2.57. The highest BCUT2D eigenvalue weighted by atomic mass is 16.6. The maximum Gasteiger partial charge on any atom is 0.411 e. The summed E-state index contributed by atoms with van der Waals surface area (Å²) in [5.74, 6) is 0.714. The number of piperazine rings is 2. The zero-order chi connectivity index (χ0) is 73.7. The zero-order valence-corrected chi connectivity index (χ0v) is 61.7. The van der Waals surface area contributed by atoms with Gasteiger partial charge in [0.1, 0.15) is 39.2 Å². The molecule has 22 nitrogen and oxygen atoms in total. The van der Waals surface area contributed by atoms with Crippen molar-refractivity contribution in [3.05, 3.63) is 98.8 Å². The third-order valence-electron chi connectivity index (χ3n) is 18.2. The summed E-state index contributed by atoms with van der Waals surface area (Å²) < 4.78 is 16.0. The molecule has 0 aromatic heterocycles. The maximum absolute atomic E-state index is 12.7. The van der Waals surface area contributed by atoms with E-state index in [0.29, 0.717) is 57.0 Å². The van der Waals surface area contributed by atoms with Crippen LogP contribution in [0.2, 0.25) is 0 Å². The molecule has 1 aromatic rings. The van der Waals surface area contributed by atoms with Gasteiger partial charge in [0.2, 0.25) is 11.8 Å². The van der Waals surface area contributed by atoms with Crippen molar-refractivity contribution in [1.29, 1.82) is 0 Å². The molecule has 6 aliphatic heterocycles. The van der Waals surface area contributed by atoms with Crippen LogP contribution in [-0.2, 0) is 49.4 Å². The van der Waals surface area contributed by atoms with Crippen LogP contribution in [0.15, 0.2) is 93.2 Å². The molecule has 22 heteroatoms. The maximum atomic E-state index is 12.7. The first-order valence-corrected chi connectivity index (χ1v) is 34.8. The predicted molar refractivity (Wildman–Crippen MR) is 385 cm³/mol. The number of rotatable bonds is 20. The number of hydrogen-bond acceptors (Lipinski definition) is 17. The molecule has 546 valence electrons. The van der Waals surface area contributed by atoms with E-state index >= 15 is 0 Å². The Balaban J connectivity index is 0.000000406. The zero-order valence-electron chi connectivity index (χ0n) is 61.7. The number of carbonyl (C=O) groups is 9. The molecule has 0 aliphatic carbocycles. The summed E-state index contributed by atoms with van der Waals surface area (Å²) in [5, 5.41) is 14.6. The number of fused-ring (bicyclic) bond motifs is 1. The first-order chi connectivity index (χ1) is 45.4. The lowest BCUT2D eigenvalue weighted by Crippen LogP contribution is -2.70. The third-order valence-corrected chi connectivity index (χ3v) is 18.2. The summed E-state index contributed by atoms with van der Waals surface area (Å²) in [7, 11) is 0. The summed E-state index contributed by atoms with van der Waals surface area (Å²) in [6.45, 7) is 49.2. The first-order valence-electron chi connectivity index (χ1n) is 34.8. The van der Waals surface area contributed by atoms with E-state index in [0.717, 1.165) is 103 Å². The van der Waals surface area contributed by atoms with Gasteiger partial charge in [0, 0.05) is 82.6 Å². The normalized spacial score (nSPS) is 24.4. The second-order valence-corrected chi connectivity index (χ2v) is 29.2. The Hall–Kier alpha value is -7.01. The fourth-order valence-electron chi connectivity index (χ4n) is 12.9. The smallest absolute Gasteiger partial charge is 0.411 e. The largest absolute Gasteiger partial charge is 0.444 e. The van der Waals surface area contributed by atoms with Crippen molar-refractivity contribution in [1.82, 2.24) is 41.3 Å². The van der Waals surface area contributed by atoms with Crippen molar-refractivity contribution < 1.29 is 57.4 Å². The van der Waals surface area contributed by atoms with Crippen LogP contribution in [0.5, 0.6) is 0 Å². The number of carbonyl (C=O) groups excluding carboxylic acids is 9. The number of nitrogens with zero attached hydrogens (tertiary/aromatic N) is 3. The molecule has 6 fully saturated rings. The number of alkyl carbamates (subject to hydrolysis) is 1. The predicted octanol–water partition coefficient (Wildman–Crippen LogP) is 10.4. The number of piperidine rings is 3. The highest BCUT2D eigenvalue weighted by molar-refractivity contribution is 5.94. The van der Waals surface area contributed by atoms with E-state index in [1.54, 1.807) is 87.5 Å². The van der Waals surface area contributed by atoms with Gasteiger partial charge in [-0.3, -0.25) is 38.6 Å². The molecule has 0 saturated carbocycles. The van der Waals surface area contributed by atoms with E-state index in [1.807, 2.05) is 31.2 Å². The lowest BCUT2D eigenvalue weighted by atomic mass is 9.71. The van der Waals surface area contributed by atoms with Gasteiger partial charge in [-0.15, -0.1) is 26.3 Å². The van der Waals surface area contributed by atoms with Gasteiger partial charge in [-0.1, -0.05) is 94.8 Å². The molecule has 6 atom stereocenters. The first kappa shape index (κ1) is 86.1. The molecule has 9 N–H and O–H groups in total. The number of amides is 5. The van der Waals surface area contributed by atoms with Crippen molar-refractivity contribution in [2.75, 3.05) is 65.4 Å². The molecule has 1 aromatic carbocycles. The number of ketones is 4. The summed E-state index contributed by atoms with van der Waals surface area (Å²) in [4.78, 5) is 113. The fraction of sp³-hybridized carbons (Fsp3) is 0.667. The molecule has 0 spiro atoms. The van der Waals surface area contributed by atoms with Crippen LogP contribution < -0.4 is 38.1 Å². The summed E-state index contributed by atoms with van der Waals surface area (Å²) >= 11 is 0. The Kier molecular flexibility index (Phi) is 34.6. The van der Waals surface area contributed by atoms with E-state index in [1.165, 1.54) is 21.1 Å². The van der Waals surface area contributed by atoms with E-state index in [-0.39, 0.29) is 65.9 Å². The van der Waals surface area contributed by atoms with Crippen LogP contribution in [-0.4, -0.2) is 178 Å². The number of nitrogens with one attached hydrogen (secondary N) is 5. The standard InChI is InChI=1S/C18H31N3O5.C15H20O.C13H23N3O3.C11H17NO.C9H16N2O.C9H17NO/c1-8-9-18(12-20-14(23)25-16(2,3)4)13(22)19-10-11-21(18)15(24)26-17(5,6)7;1-4-11-15(5-2,13(3)16)12-14-9-7-6-8-10-14;1-5-6-13(9-14)10(17)15-7-8-16(13)11(18)19-12(2,3)4;1-3-6-11-8-9(2)12(11)7-4-5-10(11)13;1-2-5-9(7-10)8(12)4-3-6-11-9;1-3-6-9(2)8(11)5-4-7-10-9/h8H,1,9-12H2,2-7H3,(H,19,22)(H,20,23);4,6-10H,1,5,11-12H2,2-3H3;5H,1,6-9,14H2,2-4H3,(H,15,17);2-8H2,1H3;2,11H,1,3-7,10H2;10H,3-7H2,1-2H3/t18-;15-;13-;11-;2*9-/m101110/s1. The molecular formula is C75H124N10O12. The number of ether oxygens (including phenoxy) is 3. The van der Waals surface area contributed by atoms with E-state index < -0.39 is 51.7 Å². The second-order valence-electron chi connectivity index (χ2n) is 29.2. The third kappa shape index (κ3) is 24.7. The Morgan fingerprint density at radius 1 is 0.619 bits per heavy atom. The number of allylic oxidation sites excluding steroid dienone is 1. The molecule has 7 rings (SSSR count). The van der Waals surface area contributed by atoms with Crippen LogP contribution in [0, 0.1) is 5.41 Å². The molecule has 6 saturated heterocycles. The van der Waals surface area contributed by atoms with Gasteiger partial charge in [-0.2, -0.15) is 0 Å². The molecule has 0 bridgehead atoms. The van der Waals surface area contributed by atoms with Crippen LogP contribution in [0.25, 0.3) is 0 Å². The minimum Gasteiger partial charge on any atom is -0.444 e. The van der Waals surface area contributed by atoms with Gasteiger partial charge in [0.15, 0.2) is 17.3 Å². The molecule has 0 radical (unpaired) electrons. The van der Waals surface area contributed by atoms with Gasteiger partial charge in [0.25, 0.3) is 0 Å². The van der Waals surface area contributed by atoms with E-state index in [9.17, 15) is 43.2 Å². The van der Waals surface area contributed by atoms with Crippen molar-refractivity contribution in [2.45, 2.75) is 251 Å². The van der Waals surface area contributed by atoms with Crippen LogP contribution in [0.1, 0.15) is 205 Å². The van der Waals surface area contributed by atoms with Gasteiger partial charge < -0.3 is 57.2 Å². The average Bonchev–Trinajstić information content (AvgIpc) is 0.739. The number of hydrogen-bond donors (Lipinski definition) is 7. The molecule has 97 heavy (non-hydrogen) atoms. The molecule has 0 unspecified atom stereocenters. The van der Waals surface area contributed by atoms with Gasteiger partial charge in [-0.05, 0) is 165 Å². The van der Waals surface area contributed by atoms with Crippen LogP contribution >= 0.6 is 0 Å². The molecule has 5 amide bonds. The van der Waals surface area contributed by atoms with Crippen molar-refractivity contribution in [3.8, 4) is 0 Å².